The maximum absolute atomic E-state index is 14.5. The van der Waals surface area contributed by atoms with Crippen molar-refractivity contribution in [1.82, 2.24) is 10.6 Å². The molecule has 41 heavy (non-hydrogen) atoms. The Labute approximate surface area is 235 Å². The highest BCUT2D eigenvalue weighted by Crippen LogP contribution is 2.34. The first-order valence-electron chi connectivity index (χ1n) is 13.0. The van der Waals surface area contributed by atoms with Crippen molar-refractivity contribution in [3.05, 3.63) is 35.9 Å². The zero-order chi connectivity index (χ0) is 30.6. The van der Waals surface area contributed by atoms with Gasteiger partial charge in [-0.15, -0.1) is 12.3 Å². The molecule has 1 heterocycles. The van der Waals surface area contributed by atoms with Gasteiger partial charge >= 0.3 is 11.9 Å². The number of aliphatic carboxylic acids is 1. The first kappa shape index (κ1) is 34.0. The summed E-state index contributed by atoms with van der Waals surface area (Å²) in [6, 6.07) is 4.58. The molecule has 7 N–H and O–H groups in total. The summed E-state index contributed by atoms with van der Waals surface area (Å²) in [6.07, 6.45) is -0.0849. The van der Waals surface area contributed by atoms with Crippen LogP contribution in [0.25, 0.3) is 0 Å². The molecule has 2 rings (SSSR count). The van der Waals surface area contributed by atoms with Crippen LogP contribution in [-0.2, 0) is 29.8 Å². The molecular formula is C27H36F2N2O10. The number of carboxylic acids is 1. The molecule has 0 aliphatic carbocycles. The quantitative estimate of drug-likeness (QED) is 0.0992. The van der Waals surface area contributed by atoms with E-state index in [1.165, 1.54) is 18.2 Å². The van der Waals surface area contributed by atoms with Gasteiger partial charge in [-0.05, 0) is 12.8 Å². The number of carboxylic acid groups (broad SMARTS) is 1. The molecule has 1 aliphatic heterocycles. The molecule has 14 heteroatoms. The largest absolute Gasteiger partial charge is 0.477 e. The second-order valence-corrected chi connectivity index (χ2v) is 9.59. The van der Waals surface area contributed by atoms with Crippen molar-refractivity contribution in [2.75, 3.05) is 19.8 Å². The predicted octanol–water partition coefficient (Wildman–Crippen LogP) is -0.375. The van der Waals surface area contributed by atoms with E-state index in [1.54, 1.807) is 0 Å². The van der Waals surface area contributed by atoms with E-state index in [9.17, 15) is 43.6 Å². The standard InChI is InChI=1S/C27H36F2N2O10/c1-2-3-4-5-6-10-13-40-26(25(38)39)14-18(33)21(31-20(35)16-32)23(41-26)22(36)19(34)15-30-24(37)27(28,29)17-11-8-7-9-12-17/h1,7-9,11-12,18-19,21-23,32-34,36H,3-6,10,13-16H2,(H,30,37)(H,31,35)(H,38,39)/t18-,19+,21+,22+,23+,26+/m0/s1. The Kier molecular flexibility index (Phi) is 13.0. The molecule has 1 aliphatic rings. The first-order chi connectivity index (χ1) is 19.4. The number of aliphatic hydroxyl groups excluding tert-OH is 4. The lowest BCUT2D eigenvalue weighted by Crippen LogP contribution is -2.68. The number of terminal acetylenes is 1. The molecule has 0 aromatic heterocycles. The van der Waals surface area contributed by atoms with Crippen LogP contribution < -0.4 is 10.6 Å². The third kappa shape index (κ3) is 9.15. The number of benzene rings is 1. The Morgan fingerprint density at radius 1 is 1.17 bits per heavy atom. The Balaban J connectivity index is 2.17. The Morgan fingerprint density at radius 3 is 2.44 bits per heavy atom. The summed E-state index contributed by atoms with van der Waals surface area (Å²) in [5.74, 6) is -8.45. The van der Waals surface area contributed by atoms with E-state index >= 15 is 0 Å². The van der Waals surface area contributed by atoms with Gasteiger partial charge in [0, 0.05) is 24.9 Å². The second-order valence-electron chi connectivity index (χ2n) is 9.59. The van der Waals surface area contributed by atoms with Crippen LogP contribution in [-0.4, -0.2) is 99.3 Å². The Hall–Kier alpha value is -3.19. The SMILES string of the molecule is C#CCCCCCCO[C@]1(C(=O)O)C[C@H](O)[C@@H](NC(=O)CO)[C@H]([C@H](O)[C@H](O)CNC(=O)C(F)(F)c2ccccc2)O1. The van der Waals surface area contributed by atoms with Gasteiger partial charge in [0.1, 0.15) is 18.8 Å². The highest BCUT2D eigenvalue weighted by molar-refractivity contribution is 5.84. The van der Waals surface area contributed by atoms with Gasteiger partial charge in [0.25, 0.3) is 11.7 Å². The van der Waals surface area contributed by atoms with Crippen molar-refractivity contribution in [2.45, 2.75) is 80.7 Å². The number of hydrogen-bond donors (Lipinski definition) is 7. The summed E-state index contributed by atoms with van der Waals surface area (Å²) >= 11 is 0. The number of carbonyl (C=O) groups is 3. The van der Waals surface area contributed by atoms with E-state index < -0.39 is 85.1 Å². The van der Waals surface area contributed by atoms with Crippen molar-refractivity contribution < 1.29 is 58.2 Å². The molecule has 1 fully saturated rings. The van der Waals surface area contributed by atoms with Crippen LogP contribution in [0.3, 0.4) is 0 Å². The zero-order valence-electron chi connectivity index (χ0n) is 22.2. The van der Waals surface area contributed by atoms with Crippen molar-refractivity contribution in [1.29, 1.82) is 0 Å². The molecule has 1 aromatic carbocycles. The van der Waals surface area contributed by atoms with Crippen LogP contribution >= 0.6 is 0 Å². The fourth-order valence-electron chi connectivity index (χ4n) is 4.29. The number of amides is 2. The number of carbonyl (C=O) groups excluding carboxylic acids is 2. The van der Waals surface area contributed by atoms with Crippen LogP contribution in [0.1, 0.15) is 44.1 Å². The minimum Gasteiger partial charge on any atom is -0.477 e. The smallest absolute Gasteiger partial charge is 0.364 e. The minimum atomic E-state index is -3.98. The Morgan fingerprint density at radius 2 is 1.83 bits per heavy atom. The van der Waals surface area contributed by atoms with Gasteiger partial charge in [-0.25, -0.2) is 4.79 Å². The third-order valence-electron chi connectivity index (χ3n) is 6.54. The highest BCUT2D eigenvalue weighted by atomic mass is 19.3. The van der Waals surface area contributed by atoms with Crippen LogP contribution in [0, 0.1) is 12.3 Å². The number of alkyl halides is 2. The van der Waals surface area contributed by atoms with Gasteiger partial charge in [-0.1, -0.05) is 43.2 Å². The summed E-state index contributed by atoms with van der Waals surface area (Å²) < 4.78 is 40.1. The molecule has 0 saturated carbocycles. The van der Waals surface area contributed by atoms with Gasteiger partial charge < -0.3 is 45.6 Å². The average molecular weight is 587 g/mol. The lowest BCUT2D eigenvalue weighted by atomic mass is 9.88. The summed E-state index contributed by atoms with van der Waals surface area (Å²) in [4.78, 5) is 36.3. The number of halogens is 2. The fourth-order valence-corrected chi connectivity index (χ4v) is 4.29. The molecule has 6 atom stereocenters. The van der Waals surface area contributed by atoms with Crippen LogP contribution in [0.2, 0.25) is 0 Å². The molecule has 1 aromatic rings. The lowest BCUT2D eigenvalue weighted by Gasteiger charge is -2.46. The number of nitrogens with one attached hydrogen (secondary N) is 2. The molecule has 228 valence electrons. The maximum atomic E-state index is 14.5. The van der Waals surface area contributed by atoms with E-state index in [2.05, 4.69) is 11.2 Å². The molecule has 0 bridgehead atoms. The first-order valence-corrected chi connectivity index (χ1v) is 13.0. The monoisotopic (exact) mass is 586 g/mol. The maximum Gasteiger partial charge on any atom is 0.364 e. The number of hydrogen-bond acceptors (Lipinski definition) is 9. The topological polar surface area (TPSA) is 195 Å². The van der Waals surface area contributed by atoms with Gasteiger partial charge in [0.2, 0.25) is 5.91 Å². The number of aliphatic hydroxyl groups is 4. The number of ether oxygens (including phenoxy) is 2. The second kappa shape index (κ2) is 15.7. The normalized spacial score (nSPS) is 24.1. The highest BCUT2D eigenvalue weighted by Gasteiger charge is 2.56. The molecule has 0 unspecified atom stereocenters. The molecule has 2 amide bonds. The van der Waals surface area contributed by atoms with E-state index in [0.29, 0.717) is 19.3 Å². The molecular weight excluding hydrogens is 550 g/mol. The van der Waals surface area contributed by atoms with Gasteiger partial charge in [-0.3, -0.25) is 9.59 Å². The lowest BCUT2D eigenvalue weighted by molar-refractivity contribution is -0.310. The van der Waals surface area contributed by atoms with Crippen molar-refractivity contribution in [3.8, 4) is 12.3 Å². The van der Waals surface area contributed by atoms with Crippen LogP contribution in [0.15, 0.2) is 30.3 Å². The van der Waals surface area contributed by atoms with E-state index in [1.807, 2.05) is 5.32 Å². The number of unbranched alkanes of at least 4 members (excludes halogenated alkanes) is 4. The van der Waals surface area contributed by atoms with Gasteiger partial charge in [-0.2, -0.15) is 8.78 Å². The Bertz CT molecular complexity index is 1050. The van der Waals surface area contributed by atoms with Gasteiger partial charge in [0.05, 0.1) is 24.9 Å². The van der Waals surface area contributed by atoms with E-state index in [0.717, 1.165) is 25.0 Å². The van der Waals surface area contributed by atoms with Crippen LogP contribution in [0.4, 0.5) is 8.78 Å². The zero-order valence-corrected chi connectivity index (χ0v) is 22.2. The summed E-state index contributed by atoms with van der Waals surface area (Å²) in [7, 11) is 0. The number of rotatable bonds is 16. The summed E-state index contributed by atoms with van der Waals surface area (Å²) in [5, 5.41) is 55.2. The van der Waals surface area contributed by atoms with Crippen LogP contribution in [0.5, 0.6) is 0 Å². The summed E-state index contributed by atoms with van der Waals surface area (Å²) in [6.45, 7) is -2.09. The van der Waals surface area contributed by atoms with Crippen molar-refractivity contribution in [2.24, 2.45) is 0 Å². The molecule has 1 saturated heterocycles. The van der Waals surface area contributed by atoms with Gasteiger partial charge in [0.15, 0.2) is 0 Å². The van der Waals surface area contributed by atoms with Crippen molar-refractivity contribution in [3.63, 3.8) is 0 Å². The molecule has 12 nitrogen and oxygen atoms in total. The molecule has 0 radical (unpaired) electrons. The van der Waals surface area contributed by atoms with E-state index in [4.69, 9.17) is 21.0 Å². The third-order valence-corrected chi connectivity index (χ3v) is 6.54. The predicted molar refractivity (Wildman–Crippen MR) is 138 cm³/mol. The minimum absolute atomic E-state index is 0.126. The average Bonchev–Trinajstić information content (AvgIpc) is 2.96. The molecule has 0 spiro atoms. The fraction of sp³-hybridized carbons (Fsp3) is 0.593. The summed E-state index contributed by atoms with van der Waals surface area (Å²) in [5.41, 5.74) is -0.613. The van der Waals surface area contributed by atoms with Crippen molar-refractivity contribution >= 4 is 17.8 Å². The van der Waals surface area contributed by atoms with E-state index in [-0.39, 0.29) is 6.61 Å².